The number of aromatic nitrogens is 1. The first-order chi connectivity index (χ1) is 12.1. The van der Waals surface area contributed by atoms with Crippen LogP contribution in [0.3, 0.4) is 0 Å². The van der Waals surface area contributed by atoms with Gasteiger partial charge in [-0.3, -0.25) is 9.59 Å². The molecule has 2 amide bonds. The highest BCUT2D eigenvalue weighted by atomic mass is 16.5. The average Bonchev–Trinajstić information content (AvgIpc) is 2.62. The molecule has 1 heterocycles. The molecule has 3 N–H and O–H groups in total. The fourth-order valence-electron chi connectivity index (χ4n) is 1.97. The Labute approximate surface area is 146 Å². The van der Waals surface area contributed by atoms with Gasteiger partial charge in [0.1, 0.15) is 5.75 Å². The van der Waals surface area contributed by atoms with Crippen molar-refractivity contribution >= 4 is 17.6 Å². The highest BCUT2D eigenvalue weighted by molar-refractivity contribution is 5.99. The Morgan fingerprint density at radius 1 is 1.20 bits per heavy atom. The third kappa shape index (κ3) is 5.80. The molecule has 7 heteroatoms. The molecule has 0 aliphatic heterocycles. The van der Waals surface area contributed by atoms with Gasteiger partial charge in [-0.05, 0) is 42.8 Å². The number of carbonyl (C=O) groups is 2. The Balaban J connectivity index is 1.81. The maximum absolute atomic E-state index is 12.0. The summed E-state index contributed by atoms with van der Waals surface area (Å²) < 4.78 is 5.53. The van der Waals surface area contributed by atoms with E-state index in [-0.39, 0.29) is 24.0 Å². The largest absolute Gasteiger partial charge is 0.504 e. The predicted octanol–water partition coefficient (Wildman–Crippen LogP) is 2.33. The lowest BCUT2D eigenvalue weighted by Crippen LogP contribution is -2.33. The summed E-state index contributed by atoms with van der Waals surface area (Å²) in [5.74, 6) is -0.244. The number of hydrogen-bond donors (Lipinski definition) is 3. The van der Waals surface area contributed by atoms with Gasteiger partial charge in [-0.2, -0.15) is 0 Å². The lowest BCUT2D eigenvalue weighted by Gasteiger charge is -2.08. The van der Waals surface area contributed by atoms with Crippen molar-refractivity contribution in [1.29, 1.82) is 0 Å². The summed E-state index contributed by atoms with van der Waals surface area (Å²) >= 11 is 0. The third-order valence-electron chi connectivity index (χ3n) is 3.34. The maximum Gasteiger partial charge on any atom is 0.251 e. The molecule has 0 unspecified atom stereocenters. The van der Waals surface area contributed by atoms with Gasteiger partial charge in [-0.25, -0.2) is 4.98 Å². The number of benzene rings is 1. The monoisotopic (exact) mass is 343 g/mol. The summed E-state index contributed by atoms with van der Waals surface area (Å²) in [5.41, 5.74) is 0.427. The molecule has 0 atom stereocenters. The second-order valence-electron chi connectivity index (χ2n) is 5.33. The number of aromatic hydroxyl groups is 1. The zero-order chi connectivity index (χ0) is 18.1. The third-order valence-corrected chi connectivity index (χ3v) is 3.34. The van der Waals surface area contributed by atoms with E-state index in [1.807, 2.05) is 0 Å². The second-order valence-corrected chi connectivity index (χ2v) is 5.33. The summed E-state index contributed by atoms with van der Waals surface area (Å²) in [6, 6.07) is 9.67. The van der Waals surface area contributed by atoms with Crippen LogP contribution in [0.1, 0.15) is 30.1 Å². The standard InChI is InChI=1S/C18H21N3O4/c1-2-3-11-25-14-8-6-13(7-9-14)18(24)20-12-16(23)21-17-15(22)5-4-10-19-17/h4-10,22H,2-3,11-12H2,1H3,(H,20,24)(H,19,21,23). The minimum absolute atomic E-state index is 0.0512. The van der Waals surface area contributed by atoms with Gasteiger partial charge in [-0.1, -0.05) is 13.3 Å². The molecule has 0 fully saturated rings. The molecular weight excluding hydrogens is 322 g/mol. The van der Waals surface area contributed by atoms with E-state index < -0.39 is 5.91 Å². The lowest BCUT2D eigenvalue weighted by molar-refractivity contribution is -0.115. The van der Waals surface area contributed by atoms with Crippen molar-refractivity contribution in [2.24, 2.45) is 0 Å². The van der Waals surface area contributed by atoms with Crippen LogP contribution in [0.5, 0.6) is 11.5 Å². The van der Waals surface area contributed by atoms with Gasteiger partial charge in [-0.15, -0.1) is 0 Å². The second kappa shape index (κ2) is 9.27. The van der Waals surface area contributed by atoms with Crippen LogP contribution in [0.2, 0.25) is 0 Å². The van der Waals surface area contributed by atoms with E-state index in [0.29, 0.717) is 17.9 Å². The number of rotatable bonds is 8. The van der Waals surface area contributed by atoms with Crippen LogP contribution < -0.4 is 15.4 Å². The molecule has 0 aliphatic carbocycles. The number of anilines is 1. The molecular formula is C18H21N3O4. The fraction of sp³-hybridized carbons (Fsp3) is 0.278. The van der Waals surface area contributed by atoms with Crippen molar-refractivity contribution in [3.05, 3.63) is 48.2 Å². The van der Waals surface area contributed by atoms with Crippen LogP contribution in [0, 0.1) is 0 Å². The molecule has 132 valence electrons. The number of ether oxygens (including phenoxy) is 1. The first-order valence-corrected chi connectivity index (χ1v) is 8.05. The van der Waals surface area contributed by atoms with Crippen LogP contribution >= 0.6 is 0 Å². The normalized spacial score (nSPS) is 10.1. The lowest BCUT2D eigenvalue weighted by atomic mass is 10.2. The van der Waals surface area contributed by atoms with E-state index in [2.05, 4.69) is 22.5 Å². The number of nitrogens with zero attached hydrogens (tertiary/aromatic N) is 1. The molecule has 2 rings (SSSR count). The predicted molar refractivity (Wildman–Crippen MR) is 93.7 cm³/mol. The van der Waals surface area contributed by atoms with E-state index in [0.717, 1.165) is 12.8 Å². The summed E-state index contributed by atoms with van der Waals surface area (Å²) in [6.07, 6.45) is 3.47. The van der Waals surface area contributed by atoms with Crippen molar-refractivity contribution < 1.29 is 19.4 Å². The number of hydrogen-bond acceptors (Lipinski definition) is 5. The number of nitrogens with one attached hydrogen (secondary N) is 2. The summed E-state index contributed by atoms with van der Waals surface area (Å²) in [6.45, 7) is 2.49. The molecule has 0 saturated heterocycles. The van der Waals surface area contributed by atoms with Gasteiger partial charge in [0, 0.05) is 11.8 Å². The van der Waals surface area contributed by atoms with Gasteiger partial charge >= 0.3 is 0 Å². The highest BCUT2D eigenvalue weighted by Crippen LogP contribution is 2.17. The molecule has 0 aliphatic rings. The Morgan fingerprint density at radius 3 is 2.64 bits per heavy atom. The summed E-state index contributed by atoms with van der Waals surface area (Å²) in [7, 11) is 0. The van der Waals surface area contributed by atoms with Crippen LogP contribution in [0.4, 0.5) is 5.82 Å². The Morgan fingerprint density at radius 2 is 1.96 bits per heavy atom. The van der Waals surface area contributed by atoms with Gasteiger partial charge in [0.15, 0.2) is 11.6 Å². The van der Waals surface area contributed by atoms with Crippen LogP contribution in [-0.2, 0) is 4.79 Å². The van der Waals surface area contributed by atoms with Crippen molar-refractivity contribution in [3.8, 4) is 11.5 Å². The van der Waals surface area contributed by atoms with Crippen molar-refractivity contribution in [3.63, 3.8) is 0 Å². The van der Waals surface area contributed by atoms with Gasteiger partial charge in [0.25, 0.3) is 5.91 Å². The minimum atomic E-state index is -0.484. The molecule has 0 spiro atoms. The van der Waals surface area contributed by atoms with Gasteiger partial charge in [0.2, 0.25) is 5.91 Å². The molecule has 1 aromatic heterocycles. The van der Waals surface area contributed by atoms with Crippen LogP contribution in [-0.4, -0.2) is 35.1 Å². The van der Waals surface area contributed by atoms with Gasteiger partial charge < -0.3 is 20.5 Å². The smallest absolute Gasteiger partial charge is 0.251 e. The molecule has 25 heavy (non-hydrogen) atoms. The molecule has 0 saturated carbocycles. The Kier molecular flexibility index (Phi) is 6.76. The maximum atomic E-state index is 12.0. The molecule has 1 aromatic carbocycles. The number of unbranched alkanes of at least 4 members (excludes halogenated alkanes) is 1. The summed E-state index contributed by atoms with van der Waals surface area (Å²) in [5, 5.41) is 14.5. The molecule has 0 radical (unpaired) electrons. The first-order valence-electron chi connectivity index (χ1n) is 8.05. The molecule has 7 nitrogen and oxygen atoms in total. The van der Waals surface area contributed by atoms with E-state index in [1.165, 1.54) is 12.3 Å². The minimum Gasteiger partial charge on any atom is -0.504 e. The molecule has 2 aromatic rings. The number of carbonyl (C=O) groups excluding carboxylic acids is 2. The van der Waals surface area contributed by atoms with E-state index in [9.17, 15) is 14.7 Å². The highest BCUT2D eigenvalue weighted by Gasteiger charge is 2.10. The van der Waals surface area contributed by atoms with E-state index >= 15 is 0 Å². The van der Waals surface area contributed by atoms with E-state index in [4.69, 9.17) is 4.74 Å². The van der Waals surface area contributed by atoms with Crippen molar-refractivity contribution in [2.75, 3.05) is 18.5 Å². The fourth-order valence-corrected chi connectivity index (χ4v) is 1.97. The molecule has 0 bridgehead atoms. The van der Waals surface area contributed by atoms with E-state index in [1.54, 1.807) is 30.3 Å². The topological polar surface area (TPSA) is 101 Å². The number of pyridine rings is 1. The van der Waals surface area contributed by atoms with Crippen molar-refractivity contribution in [2.45, 2.75) is 19.8 Å². The Hall–Kier alpha value is -3.09. The van der Waals surface area contributed by atoms with Crippen LogP contribution in [0.25, 0.3) is 0 Å². The van der Waals surface area contributed by atoms with Gasteiger partial charge in [0.05, 0.1) is 13.2 Å². The zero-order valence-corrected chi connectivity index (χ0v) is 14.0. The Bertz CT molecular complexity index is 717. The van der Waals surface area contributed by atoms with Crippen LogP contribution in [0.15, 0.2) is 42.6 Å². The average molecular weight is 343 g/mol. The summed E-state index contributed by atoms with van der Waals surface area (Å²) in [4.78, 5) is 27.7. The quantitative estimate of drug-likeness (QED) is 0.639. The van der Waals surface area contributed by atoms with Crippen molar-refractivity contribution in [1.82, 2.24) is 10.3 Å². The SMILES string of the molecule is CCCCOc1ccc(C(=O)NCC(=O)Nc2ncccc2O)cc1. The number of amides is 2. The zero-order valence-electron chi connectivity index (χ0n) is 14.0. The first kappa shape index (κ1) is 18.3.